The molecule has 0 saturated carbocycles. The van der Waals surface area contributed by atoms with Gasteiger partial charge in [0, 0.05) is 0 Å². The fourth-order valence-corrected chi connectivity index (χ4v) is 0.106. The largest absolute Gasteiger partial charge is 1.00 e. The molecular formula is C3H3BBrF2NaO5. The van der Waals surface area contributed by atoms with Crippen molar-refractivity contribution in [2.24, 2.45) is 0 Å². The minimum atomic E-state index is -3.42. The number of hydrogen-bond acceptors (Lipinski definition) is 3. The van der Waals surface area contributed by atoms with Crippen LogP contribution >= 0.6 is 15.9 Å². The number of carboxylic acid groups (broad SMARTS) is 2. The molecule has 13 heavy (non-hydrogen) atoms. The number of carboxylic acids is 2. The second-order valence-corrected chi connectivity index (χ2v) is 2.22. The summed E-state index contributed by atoms with van der Waals surface area (Å²) < 4.78 is 19.6. The van der Waals surface area contributed by atoms with Gasteiger partial charge in [0.25, 0.3) is 0 Å². The summed E-state index contributed by atoms with van der Waals surface area (Å²) in [6, 6.07) is 0. The molecule has 5 nitrogen and oxygen atoms in total. The molecular weight excluding hydrogens is 268 g/mol. The molecule has 0 aliphatic carbocycles. The van der Waals surface area contributed by atoms with Crippen molar-refractivity contribution in [3.05, 3.63) is 0 Å². The third kappa shape index (κ3) is 18.9. The van der Waals surface area contributed by atoms with Crippen molar-refractivity contribution in [2.75, 3.05) is 0 Å². The molecule has 0 aliphatic rings. The molecule has 10 heteroatoms. The zero-order valence-corrected chi connectivity index (χ0v) is 9.99. The molecule has 0 amide bonds. The number of halogens is 3. The van der Waals surface area contributed by atoms with Gasteiger partial charge >= 0.3 is 49.0 Å². The number of hydrogen-bond donors (Lipinski definition) is 2. The van der Waals surface area contributed by atoms with E-state index in [2.05, 4.69) is 15.9 Å². The smallest absolute Gasteiger partial charge is 0.824 e. The van der Waals surface area contributed by atoms with Gasteiger partial charge in [-0.3, -0.25) is 9.59 Å². The molecule has 0 aromatic rings. The van der Waals surface area contributed by atoms with Crippen LogP contribution in [0.4, 0.5) is 8.63 Å². The summed E-state index contributed by atoms with van der Waals surface area (Å²) in [7, 11) is -3.42. The van der Waals surface area contributed by atoms with Gasteiger partial charge in [0.15, 0.2) is 0 Å². The van der Waals surface area contributed by atoms with E-state index in [0.29, 0.717) is 0 Å². The molecule has 0 rings (SSSR count). The second-order valence-electron chi connectivity index (χ2n) is 1.30. The molecule has 70 valence electrons. The third-order valence-electron chi connectivity index (χ3n) is 0.434. The Kier molecular flexibility index (Phi) is 15.2. The molecule has 0 fully saturated rings. The second kappa shape index (κ2) is 10.4. The number of aliphatic carboxylic acids is 2. The van der Waals surface area contributed by atoms with Crippen LogP contribution in [0, 0.1) is 0 Å². The number of alkyl halides is 1. The van der Waals surface area contributed by atoms with Crippen LogP contribution in [0.25, 0.3) is 0 Å². The van der Waals surface area contributed by atoms with Gasteiger partial charge in [0.1, 0.15) is 0 Å². The average molecular weight is 271 g/mol. The molecule has 0 bridgehead atoms. The Bertz CT molecular complexity index is 153. The van der Waals surface area contributed by atoms with Gasteiger partial charge in [-0.2, -0.15) is 0 Å². The molecule has 0 radical (unpaired) electrons. The predicted molar refractivity (Wildman–Crippen MR) is 36.0 cm³/mol. The van der Waals surface area contributed by atoms with Crippen molar-refractivity contribution < 1.29 is 63.0 Å². The molecule has 0 heterocycles. The summed E-state index contributed by atoms with van der Waals surface area (Å²) in [5.74, 6) is -2.78. The summed E-state index contributed by atoms with van der Waals surface area (Å²) in [6.45, 7) is 0. The standard InChI is InChI=1S/C3H3BrO4.BF2O.Na/c4-1(2(5)6)3(7)8;2-1(3)4;/h1H,(H,5,6)(H,7,8);;/q;-1;+1. The van der Waals surface area contributed by atoms with Gasteiger partial charge in [-0.1, -0.05) is 15.9 Å². The van der Waals surface area contributed by atoms with Crippen LogP contribution in [0.1, 0.15) is 0 Å². The maximum absolute atomic E-state index is 9.78. The first kappa shape index (κ1) is 19.0. The van der Waals surface area contributed by atoms with Gasteiger partial charge in [-0.15, -0.1) is 0 Å². The first-order valence-electron chi connectivity index (χ1n) is 2.32. The van der Waals surface area contributed by atoms with Gasteiger partial charge in [-0.25, -0.2) is 0 Å². The molecule has 0 aromatic carbocycles. The van der Waals surface area contributed by atoms with Crippen LogP contribution < -0.4 is 34.6 Å². The Hall–Kier alpha value is 0.305. The van der Waals surface area contributed by atoms with Crippen molar-refractivity contribution in [2.45, 2.75) is 4.83 Å². The molecule has 2 N–H and O–H groups in total. The Balaban J connectivity index is -0.000000173. The van der Waals surface area contributed by atoms with Crippen molar-refractivity contribution in [3.63, 3.8) is 0 Å². The minimum Gasteiger partial charge on any atom is -0.824 e. The number of carbonyl (C=O) groups is 2. The monoisotopic (exact) mass is 270 g/mol. The molecule has 0 unspecified atom stereocenters. The SMILES string of the molecule is O=C(O)C(Br)C(=O)O.[Na+].[O-]B(F)F. The molecule has 0 spiro atoms. The molecule has 0 atom stereocenters. The van der Waals surface area contributed by atoms with E-state index in [9.17, 15) is 18.2 Å². The van der Waals surface area contributed by atoms with Gasteiger partial charge in [0.05, 0.1) is 0 Å². The van der Waals surface area contributed by atoms with Crippen LogP contribution in [-0.4, -0.2) is 34.4 Å². The van der Waals surface area contributed by atoms with E-state index in [1.165, 1.54) is 0 Å². The molecule has 0 saturated heterocycles. The van der Waals surface area contributed by atoms with Crippen molar-refractivity contribution in [3.8, 4) is 0 Å². The Labute approximate surface area is 103 Å². The van der Waals surface area contributed by atoms with Crippen LogP contribution in [0.5, 0.6) is 0 Å². The Morgan fingerprint density at radius 3 is 1.46 bits per heavy atom. The van der Waals surface area contributed by atoms with Crippen LogP contribution in [0.15, 0.2) is 0 Å². The van der Waals surface area contributed by atoms with E-state index < -0.39 is 24.2 Å². The van der Waals surface area contributed by atoms with E-state index in [0.717, 1.165) is 0 Å². The zero-order chi connectivity index (χ0) is 10.3. The van der Waals surface area contributed by atoms with Gasteiger partial charge in [-0.05, 0) is 0 Å². The fourth-order valence-electron chi connectivity index (χ4n) is 0.106. The van der Waals surface area contributed by atoms with Gasteiger partial charge in [0.2, 0.25) is 4.83 Å². The quantitative estimate of drug-likeness (QED) is 0.305. The maximum Gasteiger partial charge on any atom is 1.00 e. The van der Waals surface area contributed by atoms with Crippen LogP contribution in [0.3, 0.4) is 0 Å². The van der Waals surface area contributed by atoms with E-state index in [1.807, 2.05) is 0 Å². The van der Waals surface area contributed by atoms with E-state index in [1.54, 1.807) is 0 Å². The summed E-state index contributed by atoms with van der Waals surface area (Å²) in [4.78, 5) is 17.9. The average Bonchev–Trinajstić information content (AvgIpc) is 1.84. The summed E-state index contributed by atoms with van der Waals surface area (Å²) >= 11 is 2.41. The first-order valence-corrected chi connectivity index (χ1v) is 3.24. The zero-order valence-electron chi connectivity index (χ0n) is 6.41. The molecule has 0 aliphatic heterocycles. The van der Waals surface area contributed by atoms with Gasteiger partial charge < -0.3 is 23.9 Å². The number of rotatable bonds is 2. The summed E-state index contributed by atoms with van der Waals surface area (Å²) in [5, 5.41) is 24.0. The Morgan fingerprint density at radius 1 is 1.31 bits per heavy atom. The normalized spacial score (nSPS) is 7.77. The first-order chi connectivity index (χ1) is 5.29. The third-order valence-corrected chi connectivity index (χ3v) is 1.22. The van der Waals surface area contributed by atoms with E-state index in [4.69, 9.17) is 15.2 Å². The summed E-state index contributed by atoms with van der Waals surface area (Å²) in [6.07, 6.45) is 0. The summed E-state index contributed by atoms with van der Waals surface area (Å²) in [5.41, 5.74) is 0. The van der Waals surface area contributed by atoms with E-state index in [-0.39, 0.29) is 29.6 Å². The van der Waals surface area contributed by atoms with Crippen molar-refractivity contribution >= 4 is 35.3 Å². The van der Waals surface area contributed by atoms with Crippen molar-refractivity contribution in [1.29, 1.82) is 0 Å². The van der Waals surface area contributed by atoms with Crippen molar-refractivity contribution in [1.82, 2.24) is 0 Å². The molecule has 0 aromatic heterocycles. The minimum absolute atomic E-state index is 0. The van der Waals surface area contributed by atoms with Crippen LogP contribution in [0.2, 0.25) is 0 Å². The van der Waals surface area contributed by atoms with E-state index >= 15 is 0 Å². The fraction of sp³-hybridized carbons (Fsp3) is 0.333. The maximum atomic E-state index is 9.78. The predicted octanol–water partition coefficient (Wildman–Crippen LogP) is -3.81. The topological polar surface area (TPSA) is 97.7 Å². The van der Waals surface area contributed by atoms with Crippen LogP contribution in [-0.2, 0) is 9.59 Å². The Morgan fingerprint density at radius 2 is 1.46 bits per heavy atom.